The maximum atomic E-state index is 12.7. The van der Waals surface area contributed by atoms with E-state index >= 15 is 0 Å². The van der Waals surface area contributed by atoms with E-state index in [2.05, 4.69) is 21.2 Å². The van der Waals surface area contributed by atoms with E-state index in [1.165, 1.54) is 0 Å². The van der Waals surface area contributed by atoms with Crippen molar-refractivity contribution in [3.63, 3.8) is 0 Å². The summed E-state index contributed by atoms with van der Waals surface area (Å²) in [6.07, 6.45) is 0. The van der Waals surface area contributed by atoms with Gasteiger partial charge in [-0.05, 0) is 25.1 Å². The van der Waals surface area contributed by atoms with E-state index < -0.39 is 11.7 Å². The normalized spacial score (nSPS) is 17.0. The van der Waals surface area contributed by atoms with Crippen LogP contribution in [-0.2, 0) is 14.3 Å². The van der Waals surface area contributed by atoms with Crippen LogP contribution in [0.3, 0.4) is 0 Å². The number of anilines is 3. The number of hydrogen-bond acceptors (Lipinski definition) is 6. The van der Waals surface area contributed by atoms with Crippen molar-refractivity contribution in [2.45, 2.75) is 6.92 Å². The van der Waals surface area contributed by atoms with Crippen LogP contribution in [0.1, 0.15) is 15.9 Å². The Morgan fingerprint density at radius 3 is 2.07 bits per heavy atom. The summed E-state index contributed by atoms with van der Waals surface area (Å²) in [6.45, 7) is 7.77. The van der Waals surface area contributed by atoms with Gasteiger partial charge in [-0.2, -0.15) is 0 Å². The number of carbonyl (C=O) groups excluding carboxylic acids is 2. The van der Waals surface area contributed by atoms with E-state index in [4.69, 9.17) is 9.47 Å². The van der Waals surface area contributed by atoms with Crippen LogP contribution in [0.2, 0.25) is 0 Å². The molecule has 158 valence electrons. The maximum absolute atomic E-state index is 12.7. The summed E-state index contributed by atoms with van der Waals surface area (Å²) in [4.78, 5) is 29.8. The number of nitrogens with one attached hydrogen (secondary N) is 1. The highest BCUT2D eigenvalue weighted by molar-refractivity contribution is 6.46. The molecule has 0 radical (unpaired) electrons. The minimum Gasteiger partial charge on any atom is -0.378 e. The average Bonchev–Trinajstić information content (AvgIpc) is 2.80. The van der Waals surface area contributed by atoms with Crippen LogP contribution in [0, 0.1) is 6.92 Å². The number of hydrogen-bond donors (Lipinski definition) is 1. The molecule has 2 heterocycles. The van der Waals surface area contributed by atoms with Gasteiger partial charge in [0.25, 0.3) is 11.7 Å². The summed E-state index contributed by atoms with van der Waals surface area (Å²) >= 11 is 0. The minimum atomic E-state index is -0.632. The molecule has 2 aromatic carbocycles. The van der Waals surface area contributed by atoms with Crippen LogP contribution < -0.4 is 15.1 Å². The second-order valence-corrected chi connectivity index (χ2v) is 7.55. The number of rotatable bonds is 5. The molecule has 2 aromatic rings. The lowest BCUT2D eigenvalue weighted by molar-refractivity contribution is -0.112. The van der Waals surface area contributed by atoms with E-state index in [1.807, 2.05) is 31.2 Å². The number of amides is 1. The van der Waals surface area contributed by atoms with Gasteiger partial charge < -0.3 is 24.6 Å². The molecular weight excluding hydrogens is 382 g/mol. The Bertz CT molecular complexity index is 901. The molecule has 1 N–H and O–H groups in total. The van der Waals surface area contributed by atoms with Gasteiger partial charge in [-0.15, -0.1) is 0 Å². The molecule has 4 rings (SSSR count). The van der Waals surface area contributed by atoms with Gasteiger partial charge in [0.15, 0.2) is 0 Å². The second kappa shape index (κ2) is 9.28. The molecule has 2 fully saturated rings. The fourth-order valence-electron chi connectivity index (χ4n) is 3.72. The van der Waals surface area contributed by atoms with Crippen molar-refractivity contribution in [1.29, 1.82) is 0 Å². The topological polar surface area (TPSA) is 71.1 Å². The van der Waals surface area contributed by atoms with Crippen molar-refractivity contribution in [3.05, 3.63) is 53.6 Å². The summed E-state index contributed by atoms with van der Waals surface area (Å²) in [5, 5.41) is 2.84. The monoisotopic (exact) mass is 409 g/mol. The highest BCUT2D eigenvalue weighted by Gasteiger charge is 2.22. The Morgan fingerprint density at radius 2 is 1.43 bits per heavy atom. The number of Topliss-reactive ketones (excluding diaryl/α,β-unsaturated/α-hetero) is 1. The van der Waals surface area contributed by atoms with Crippen LogP contribution in [-0.4, -0.2) is 64.3 Å². The van der Waals surface area contributed by atoms with Crippen molar-refractivity contribution >= 4 is 28.8 Å². The van der Waals surface area contributed by atoms with E-state index in [0.29, 0.717) is 37.7 Å². The van der Waals surface area contributed by atoms with Crippen LogP contribution in [0.5, 0.6) is 0 Å². The lowest BCUT2D eigenvalue weighted by atomic mass is 10.1. The standard InChI is InChI=1S/C23H27N3O4/c1-17-2-4-18(5-3-17)22(27)23(28)24-20-7-6-19(25-8-12-29-13-9-25)16-21(20)26-10-14-30-15-11-26/h2-7,16H,8-15H2,1H3,(H,24,28). The molecule has 0 bridgehead atoms. The van der Waals surface area contributed by atoms with Gasteiger partial charge in [0.05, 0.1) is 37.8 Å². The Kier molecular flexibility index (Phi) is 6.30. The van der Waals surface area contributed by atoms with Gasteiger partial charge >= 0.3 is 0 Å². The molecule has 1 amide bonds. The first-order valence-corrected chi connectivity index (χ1v) is 10.3. The molecule has 30 heavy (non-hydrogen) atoms. The first-order chi connectivity index (χ1) is 14.6. The number of morpholine rings is 2. The molecule has 7 nitrogen and oxygen atoms in total. The zero-order valence-electron chi connectivity index (χ0n) is 17.2. The Hall–Kier alpha value is -2.90. The number of carbonyl (C=O) groups is 2. The van der Waals surface area contributed by atoms with Crippen molar-refractivity contribution in [3.8, 4) is 0 Å². The van der Waals surface area contributed by atoms with Crippen LogP contribution in [0.4, 0.5) is 17.1 Å². The second-order valence-electron chi connectivity index (χ2n) is 7.55. The molecule has 2 aliphatic heterocycles. The zero-order valence-corrected chi connectivity index (χ0v) is 17.2. The molecule has 0 aliphatic carbocycles. The minimum absolute atomic E-state index is 0.385. The lowest BCUT2D eigenvalue weighted by Gasteiger charge is -2.33. The summed E-state index contributed by atoms with van der Waals surface area (Å²) in [7, 11) is 0. The van der Waals surface area contributed by atoms with Crippen LogP contribution in [0.25, 0.3) is 0 Å². The van der Waals surface area contributed by atoms with E-state index in [0.717, 1.165) is 43.1 Å². The van der Waals surface area contributed by atoms with Crippen molar-refractivity contribution in [1.82, 2.24) is 0 Å². The Balaban J connectivity index is 1.58. The molecular formula is C23H27N3O4. The summed E-state index contributed by atoms with van der Waals surface area (Å²) < 4.78 is 10.9. The largest absolute Gasteiger partial charge is 0.378 e. The van der Waals surface area contributed by atoms with Crippen molar-refractivity contribution < 1.29 is 19.1 Å². The third kappa shape index (κ3) is 4.63. The van der Waals surface area contributed by atoms with Gasteiger partial charge in [-0.25, -0.2) is 0 Å². The maximum Gasteiger partial charge on any atom is 0.296 e. The molecule has 0 aromatic heterocycles. The number of ketones is 1. The van der Waals surface area contributed by atoms with Gasteiger partial charge in [0.1, 0.15) is 0 Å². The van der Waals surface area contributed by atoms with Gasteiger partial charge in [-0.3, -0.25) is 9.59 Å². The van der Waals surface area contributed by atoms with Crippen molar-refractivity contribution in [2.75, 3.05) is 67.7 Å². The third-order valence-electron chi connectivity index (χ3n) is 5.48. The number of benzene rings is 2. The van der Waals surface area contributed by atoms with Gasteiger partial charge in [0.2, 0.25) is 0 Å². The quantitative estimate of drug-likeness (QED) is 0.604. The predicted molar refractivity (Wildman–Crippen MR) is 117 cm³/mol. The molecule has 7 heteroatoms. The zero-order chi connectivity index (χ0) is 20.9. The Labute approximate surface area is 176 Å². The first-order valence-electron chi connectivity index (χ1n) is 10.3. The molecule has 2 aliphatic rings. The summed E-state index contributed by atoms with van der Waals surface area (Å²) in [6, 6.07) is 13.0. The van der Waals surface area contributed by atoms with E-state index in [-0.39, 0.29) is 0 Å². The SMILES string of the molecule is Cc1ccc(C(=O)C(=O)Nc2ccc(N3CCOCC3)cc2N2CCOCC2)cc1. The predicted octanol–water partition coefficient (Wildman–Crippen LogP) is 2.49. The first kappa shape index (κ1) is 20.4. The smallest absolute Gasteiger partial charge is 0.296 e. The summed E-state index contributed by atoms with van der Waals surface area (Å²) in [5.74, 6) is -1.17. The third-order valence-corrected chi connectivity index (χ3v) is 5.48. The van der Waals surface area contributed by atoms with Crippen LogP contribution in [0.15, 0.2) is 42.5 Å². The molecule has 0 saturated carbocycles. The lowest BCUT2D eigenvalue weighted by Crippen LogP contribution is -2.38. The van der Waals surface area contributed by atoms with E-state index in [1.54, 1.807) is 12.1 Å². The molecule has 2 saturated heterocycles. The Morgan fingerprint density at radius 1 is 0.833 bits per heavy atom. The van der Waals surface area contributed by atoms with Gasteiger partial charge in [0, 0.05) is 37.4 Å². The number of ether oxygens (including phenoxy) is 2. The van der Waals surface area contributed by atoms with Gasteiger partial charge in [-0.1, -0.05) is 29.8 Å². The van der Waals surface area contributed by atoms with Crippen molar-refractivity contribution in [2.24, 2.45) is 0 Å². The van der Waals surface area contributed by atoms with Crippen LogP contribution >= 0.6 is 0 Å². The molecule has 0 unspecified atom stereocenters. The molecule has 0 spiro atoms. The highest BCUT2D eigenvalue weighted by atomic mass is 16.5. The van der Waals surface area contributed by atoms with E-state index in [9.17, 15) is 9.59 Å². The fourth-order valence-corrected chi connectivity index (χ4v) is 3.72. The average molecular weight is 409 g/mol. The molecule has 0 atom stereocenters. The fraction of sp³-hybridized carbons (Fsp3) is 0.391. The number of nitrogens with zero attached hydrogens (tertiary/aromatic N) is 2. The summed E-state index contributed by atoms with van der Waals surface area (Å²) in [5.41, 5.74) is 4.06. The number of aryl methyl sites for hydroxylation is 1. The highest BCUT2D eigenvalue weighted by Crippen LogP contribution is 2.32.